The van der Waals surface area contributed by atoms with Gasteiger partial charge in [0, 0.05) is 19.3 Å². The molecule has 0 aromatic heterocycles. The predicted molar refractivity (Wildman–Crippen MR) is 260 cm³/mol. The summed E-state index contributed by atoms with van der Waals surface area (Å²) in [6.45, 7) is 6.31. The molecule has 61 heavy (non-hydrogen) atoms. The fourth-order valence-corrected chi connectivity index (χ4v) is 6.39. The van der Waals surface area contributed by atoms with Crippen LogP contribution >= 0.6 is 0 Å². The molecule has 0 bridgehead atoms. The van der Waals surface area contributed by atoms with E-state index >= 15 is 0 Å². The lowest BCUT2D eigenvalue weighted by Gasteiger charge is -2.18. The third-order valence-corrected chi connectivity index (χ3v) is 10.1. The number of carbonyl (C=O) groups excluding carboxylic acids is 3. The van der Waals surface area contributed by atoms with Gasteiger partial charge in [0.25, 0.3) is 0 Å². The van der Waals surface area contributed by atoms with Crippen LogP contribution in [0.2, 0.25) is 0 Å². The molecule has 1 atom stereocenters. The maximum Gasteiger partial charge on any atom is 0.306 e. The summed E-state index contributed by atoms with van der Waals surface area (Å²) in [6.07, 6.45) is 64.0. The fourth-order valence-electron chi connectivity index (χ4n) is 6.39. The minimum atomic E-state index is -0.811. The van der Waals surface area contributed by atoms with Crippen molar-refractivity contribution < 1.29 is 28.6 Å². The Morgan fingerprint density at radius 3 is 1.10 bits per heavy atom. The molecule has 6 nitrogen and oxygen atoms in total. The first-order valence-electron chi connectivity index (χ1n) is 24.7. The van der Waals surface area contributed by atoms with Crippen LogP contribution in [0.15, 0.2) is 97.2 Å². The maximum atomic E-state index is 12.7. The maximum absolute atomic E-state index is 12.7. The van der Waals surface area contributed by atoms with Crippen molar-refractivity contribution in [2.75, 3.05) is 13.2 Å². The van der Waals surface area contributed by atoms with E-state index in [0.717, 1.165) is 116 Å². The smallest absolute Gasteiger partial charge is 0.306 e. The fraction of sp³-hybridized carbons (Fsp3) is 0.655. The van der Waals surface area contributed by atoms with Crippen LogP contribution in [0.3, 0.4) is 0 Å². The highest BCUT2D eigenvalue weighted by atomic mass is 16.6. The lowest BCUT2D eigenvalue weighted by atomic mass is 10.1. The third kappa shape index (κ3) is 47.2. The summed E-state index contributed by atoms with van der Waals surface area (Å²) in [5.74, 6) is -1.00. The number of rotatable bonds is 43. The van der Waals surface area contributed by atoms with Gasteiger partial charge in [-0.1, -0.05) is 182 Å². The van der Waals surface area contributed by atoms with Crippen LogP contribution in [-0.2, 0) is 28.6 Å². The standard InChI is InChI=1S/C55H90O6/c1-4-7-10-13-16-19-22-24-25-26-27-28-29-31-33-36-39-42-45-48-54(57)60-51-52(50-59-53(56)47-44-41-38-35-32-21-18-15-12-9-6-3)61-55(58)49-46-43-40-37-34-30-23-20-17-14-11-8-5-2/h7,9-10,12,16,18-19,21,24-25,27-28,30,34-35,38,52H,4-6,8,11,13-15,17,20,22-23,26,29,31-33,36-37,39-51H2,1-3H3/b10-7-,12-9-,19-16-,21-18-,25-24-,28-27-,34-30-,38-35-. The largest absolute Gasteiger partial charge is 0.462 e. The van der Waals surface area contributed by atoms with Crippen LogP contribution in [0.25, 0.3) is 0 Å². The second-order valence-electron chi connectivity index (χ2n) is 16.0. The van der Waals surface area contributed by atoms with E-state index in [2.05, 4.69) is 118 Å². The van der Waals surface area contributed by atoms with E-state index < -0.39 is 6.10 Å². The van der Waals surface area contributed by atoms with Crippen LogP contribution in [0, 0.1) is 0 Å². The average Bonchev–Trinajstić information content (AvgIpc) is 3.26. The number of unbranched alkanes of at least 4 members (excludes halogenated alkanes) is 16. The minimum absolute atomic E-state index is 0.108. The number of carbonyl (C=O) groups is 3. The molecule has 0 saturated carbocycles. The molecule has 0 heterocycles. The summed E-state index contributed by atoms with van der Waals surface area (Å²) in [5, 5.41) is 0. The first-order chi connectivity index (χ1) is 30.0. The molecule has 0 aliphatic carbocycles. The highest BCUT2D eigenvalue weighted by molar-refractivity contribution is 5.71. The quantitative estimate of drug-likeness (QED) is 0.0263. The van der Waals surface area contributed by atoms with Gasteiger partial charge in [-0.05, 0) is 109 Å². The van der Waals surface area contributed by atoms with Crippen LogP contribution in [0.4, 0.5) is 0 Å². The number of allylic oxidation sites excluding steroid dienone is 16. The highest BCUT2D eigenvalue weighted by Gasteiger charge is 2.19. The zero-order valence-corrected chi connectivity index (χ0v) is 39.4. The summed E-state index contributed by atoms with van der Waals surface area (Å²) < 4.78 is 16.7. The summed E-state index contributed by atoms with van der Waals surface area (Å²) in [4.78, 5) is 37.8. The van der Waals surface area contributed by atoms with Crippen molar-refractivity contribution in [2.24, 2.45) is 0 Å². The number of ether oxygens (including phenoxy) is 3. The lowest BCUT2D eigenvalue weighted by Crippen LogP contribution is -2.30. The molecule has 0 aliphatic heterocycles. The van der Waals surface area contributed by atoms with E-state index in [0.29, 0.717) is 19.3 Å². The Balaban J connectivity index is 4.45. The Labute approximate surface area is 375 Å². The SMILES string of the molecule is CC/C=C\C/C=C\C/C=C\C/C=C\CCCCCCCCC(=O)OCC(COC(=O)CCC/C=C\C/C=C\C/C=C\CC)OC(=O)CCCCC/C=C\CCCCCCCC. The molecular weight excluding hydrogens is 757 g/mol. The molecular formula is C55H90O6. The van der Waals surface area contributed by atoms with Gasteiger partial charge in [-0.25, -0.2) is 0 Å². The Morgan fingerprint density at radius 1 is 0.344 bits per heavy atom. The average molecular weight is 847 g/mol. The van der Waals surface area contributed by atoms with Crippen molar-refractivity contribution in [3.8, 4) is 0 Å². The van der Waals surface area contributed by atoms with Gasteiger partial charge in [0.15, 0.2) is 6.10 Å². The Morgan fingerprint density at radius 2 is 0.656 bits per heavy atom. The molecule has 0 radical (unpaired) electrons. The minimum Gasteiger partial charge on any atom is -0.462 e. The van der Waals surface area contributed by atoms with E-state index in [1.165, 1.54) is 51.4 Å². The van der Waals surface area contributed by atoms with Crippen LogP contribution < -0.4 is 0 Å². The molecule has 0 rings (SSSR count). The van der Waals surface area contributed by atoms with Gasteiger partial charge < -0.3 is 14.2 Å². The van der Waals surface area contributed by atoms with Gasteiger partial charge in [-0.3, -0.25) is 14.4 Å². The van der Waals surface area contributed by atoms with Crippen molar-refractivity contribution in [1.29, 1.82) is 0 Å². The van der Waals surface area contributed by atoms with Crippen molar-refractivity contribution in [2.45, 2.75) is 219 Å². The van der Waals surface area contributed by atoms with Gasteiger partial charge in [0.05, 0.1) is 0 Å². The molecule has 0 aliphatic rings. The van der Waals surface area contributed by atoms with Crippen molar-refractivity contribution in [3.05, 3.63) is 97.2 Å². The van der Waals surface area contributed by atoms with Gasteiger partial charge >= 0.3 is 17.9 Å². The number of hydrogen-bond donors (Lipinski definition) is 0. The van der Waals surface area contributed by atoms with Gasteiger partial charge in [-0.2, -0.15) is 0 Å². The molecule has 6 heteroatoms. The lowest BCUT2D eigenvalue weighted by molar-refractivity contribution is -0.167. The van der Waals surface area contributed by atoms with Gasteiger partial charge in [-0.15, -0.1) is 0 Å². The highest BCUT2D eigenvalue weighted by Crippen LogP contribution is 2.12. The molecule has 0 N–H and O–H groups in total. The number of esters is 3. The summed E-state index contributed by atoms with van der Waals surface area (Å²) >= 11 is 0. The molecule has 0 aromatic carbocycles. The van der Waals surface area contributed by atoms with Crippen molar-refractivity contribution in [1.82, 2.24) is 0 Å². The summed E-state index contributed by atoms with van der Waals surface area (Å²) in [7, 11) is 0. The predicted octanol–water partition coefficient (Wildman–Crippen LogP) is 16.2. The Bertz CT molecular complexity index is 1250. The van der Waals surface area contributed by atoms with E-state index in [9.17, 15) is 14.4 Å². The molecule has 0 spiro atoms. The first kappa shape index (κ1) is 57.3. The monoisotopic (exact) mass is 847 g/mol. The molecule has 0 fully saturated rings. The zero-order valence-electron chi connectivity index (χ0n) is 39.4. The van der Waals surface area contributed by atoms with Crippen LogP contribution in [-0.4, -0.2) is 37.2 Å². The van der Waals surface area contributed by atoms with Gasteiger partial charge in [0.1, 0.15) is 13.2 Å². The van der Waals surface area contributed by atoms with E-state index in [4.69, 9.17) is 14.2 Å². The second-order valence-corrected chi connectivity index (χ2v) is 16.0. The molecule has 0 amide bonds. The van der Waals surface area contributed by atoms with E-state index in [1.807, 2.05) is 0 Å². The molecule has 0 saturated heterocycles. The van der Waals surface area contributed by atoms with Gasteiger partial charge in [0.2, 0.25) is 0 Å². The van der Waals surface area contributed by atoms with Crippen molar-refractivity contribution in [3.63, 3.8) is 0 Å². The van der Waals surface area contributed by atoms with E-state index in [1.54, 1.807) is 0 Å². The molecule has 346 valence electrons. The molecule has 1 unspecified atom stereocenters. The first-order valence-corrected chi connectivity index (χ1v) is 24.7. The van der Waals surface area contributed by atoms with Crippen molar-refractivity contribution >= 4 is 17.9 Å². The molecule has 0 aromatic rings. The number of hydrogen-bond acceptors (Lipinski definition) is 6. The third-order valence-electron chi connectivity index (χ3n) is 10.1. The zero-order chi connectivity index (χ0) is 44.4. The van der Waals surface area contributed by atoms with Crippen LogP contribution in [0.1, 0.15) is 213 Å². The van der Waals surface area contributed by atoms with E-state index in [-0.39, 0.29) is 37.5 Å². The van der Waals surface area contributed by atoms with Crippen LogP contribution in [0.5, 0.6) is 0 Å². The Hall–Kier alpha value is -3.67. The normalized spacial score (nSPS) is 12.9. The summed E-state index contributed by atoms with van der Waals surface area (Å²) in [5.41, 5.74) is 0. The second kappa shape index (κ2) is 49.0. The Kier molecular flexibility index (Phi) is 46.0. The summed E-state index contributed by atoms with van der Waals surface area (Å²) in [6, 6.07) is 0. The topological polar surface area (TPSA) is 78.9 Å².